The van der Waals surface area contributed by atoms with E-state index in [1.165, 1.54) is 5.56 Å². The topological polar surface area (TPSA) is 43.6 Å². The van der Waals surface area contributed by atoms with Crippen LogP contribution in [0.2, 0.25) is 0 Å². The van der Waals surface area contributed by atoms with Crippen molar-refractivity contribution in [2.75, 3.05) is 26.9 Å². The fourth-order valence-electron chi connectivity index (χ4n) is 3.73. The van der Waals surface area contributed by atoms with E-state index < -0.39 is 0 Å². The summed E-state index contributed by atoms with van der Waals surface area (Å²) in [6, 6.07) is 2.33. The van der Waals surface area contributed by atoms with Crippen molar-refractivity contribution in [1.82, 2.24) is 5.32 Å². The summed E-state index contributed by atoms with van der Waals surface area (Å²) in [5.74, 6) is 1.65. The number of nitrogens with one attached hydrogen (secondary N) is 1. The Bertz CT molecular complexity index is 431. The van der Waals surface area contributed by atoms with Crippen LogP contribution in [0.25, 0.3) is 0 Å². The third-order valence-electron chi connectivity index (χ3n) is 4.90. The van der Waals surface area contributed by atoms with E-state index >= 15 is 0 Å². The Balaban J connectivity index is 1.76. The first-order valence-corrected chi connectivity index (χ1v) is 7.67. The molecule has 4 heteroatoms. The Hall–Kier alpha value is -0.840. The summed E-state index contributed by atoms with van der Waals surface area (Å²) in [7, 11) is 2.03. The Morgan fingerprint density at radius 2 is 2.10 bits per heavy atom. The fraction of sp³-hybridized carbons (Fsp3) is 0.750. The summed E-state index contributed by atoms with van der Waals surface area (Å²) in [6.45, 7) is 4.63. The molecule has 0 aromatic carbocycles. The van der Waals surface area contributed by atoms with E-state index in [0.717, 1.165) is 51.3 Å². The molecule has 20 heavy (non-hydrogen) atoms. The van der Waals surface area contributed by atoms with Crippen molar-refractivity contribution >= 4 is 0 Å². The first-order valence-electron chi connectivity index (χ1n) is 7.67. The van der Waals surface area contributed by atoms with Crippen molar-refractivity contribution < 1.29 is 13.9 Å². The second-order valence-corrected chi connectivity index (χ2v) is 6.13. The maximum absolute atomic E-state index is 6.14. The molecule has 1 spiro atoms. The predicted octanol–water partition coefficient (Wildman–Crippen LogP) is 2.82. The molecule has 3 rings (SSSR count). The zero-order valence-electron chi connectivity index (χ0n) is 12.5. The number of hydrogen-bond acceptors (Lipinski definition) is 4. The molecule has 2 aliphatic heterocycles. The van der Waals surface area contributed by atoms with Crippen molar-refractivity contribution in [3.8, 4) is 0 Å². The van der Waals surface area contributed by atoms with Gasteiger partial charge in [-0.3, -0.25) is 0 Å². The van der Waals surface area contributed by atoms with Crippen LogP contribution in [0.15, 0.2) is 16.7 Å². The smallest absolute Gasteiger partial charge is 0.123 e. The van der Waals surface area contributed by atoms with Gasteiger partial charge in [0.2, 0.25) is 0 Å². The molecule has 1 aromatic rings. The molecule has 0 saturated carbocycles. The Labute approximate surface area is 120 Å². The van der Waals surface area contributed by atoms with Gasteiger partial charge in [-0.1, -0.05) is 0 Å². The van der Waals surface area contributed by atoms with Crippen LogP contribution in [-0.2, 0) is 9.47 Å². The van der Waals surface area contributed by atoms with Crippen molar-refractivity contribution in [2.24, 2.45) is 5.92 Å². The van der Waals surface area contributed by atoms with Crippen LogP contribution in [0, 0.1) is 12.8 Å². The molecule has 4 nitrogen and oxygen atoms in total. The van der Waals surface area contributed by atoms with E-state index in [1.807, 2.05) is 13.1 Å². The van der Waals surface area contributed by atoms with E-state index in [-0.39, 0.29) is 11.6 Å². The molecule has 112 valence electrons. The highest BCUT2D eigenvalue weighted by atomic mass is 16.5. The van der Waals surface area contributed by atoms with Crippen LogP contribution >= 0.6 is 0 Å². The molecule has 1 aromatic heterocycles. The number of aryl methyl sites for hydroxylation is 1. The lowest BCUT2D eigenvalue weighted by atomic mass is 9.77. The molecule has 1 N–H and O–H groups in total. The quantitative estimate of drug-likeness (QED) is 0.924. The molecule has 2 aliphatic rings. The first-order chi connectivity index (χ1) is 9.74. The van der Waals surface area contributed by atoms with Gasteiger partial charge in [0.25, 0.3) is 0 Å². The highest BCUT2D eigenvalue weighted by Crippen LogP contribution is 2.42. The SMILES string of the molecule is CNC(c1occc1C)C1CCOC2(CCOCC2)C1. The third-order valence-corrected chi connectivity index (χ3v) is 4.90. The molecule has 0 radical (unpaired) electrons. The summed E-state index contributed by atoms with van der Waals surface area (Å²) < 4.78 is 17.4. The highest BCUT2D eigenvalue weighted by Gasteiger charge is 2.42. The number of ether oxygens (including phenoxy) is 2. The van der Waals surface area contributed by atoms with Crippen molar-refractivity contribution in [1.29, 1.82) is 0 Å². The van der Waals surface area contributed by atoms with E-state index in [2.05, 4.69) is 12.2 Å². The largest absolute Gasteiger partial charge is 0.467 e. The molecule has 2 fully saturated rings. The van der Waals surface area contributed by atoms with E-state index in [1.54, 1.807) is 6.26 Å². The average molecular weight is 279 g/mol. The van der Waals surface area contributed by atoms with Crippen LogP contribution in [0.3, 0.4) is 0 Å². The maximum atomic E-state index is 6.14. The van der Waals surface area contributed by atoms with Crippen LogP contribution in [-0.4, -0.2) is 32.5 Å². The molecular weight excluding hydrogens is 254 g/mol. The van der Waals surface area contributed by atoms with Crippen molar-refractivity contribution in [3.63, 3.8) is 0 Å². The molecule has 3 heterocycles. The van der Waals surface area contributed by atoms with Gasteiger partial charge in [-0.05, 0) is 57.2 Å². The van der Waals surface area contributed by atoms with Crippen molar-refractivity contribution in [3.05, 3.63) is 23.7 Å². The molecule has 0 bridgehead atoms. The molecule has 0 amide bonds. The van der Waals surface area contributed by atoms with E-state index in [9.17, 15) is 0 Å². The van der Waals surface area contributed by atoms with Gasteiger partial charge in [-0.15, -0.1) is 0 Å². The number of rotatable bonds is 3. The lowest BCUT2D eigenvalue weighted by molar-refractivity contribution is -0.150. The van der Waals surface area contributed by atoms with Gasteiger partial charge in [0, 0.05) is 19.8 Å². The Kier molecular flexibility index (Phi) is 4.15. The summed E-state index contributed by atoms with van der Waals surface area (Å²) in [4.78, 5) is 0. The van der Waals surface area contributed by atoms with Crippen LogP contribution in [0.1, 0.15) is 43.0 Å². The standard InChI is InChI=1S/C16H25NO3/c1-12-3-7-19-15(12)14(17-2)13-4-8-20-16(11-13)5-9-18-10-6-16/h3,7,13-14,17H,4-6,8-11H2,1-2H3. The Morgan fingerprint density at radius 3 is 2.75 bits per heavy atom. The van der Waals surface area contributed by atoms with Gasteiger partial charge in [-0.25, -0.2) is 0 Å². The van der Waals surface area contributed by atoms with E-state index in [0.29, 0.717) is 5.92 Å². The van der Waals surface area contributed by atoms with Crippen LogP contribution in [0.5, 0.6) is 0 Å². The van der Waals surface area contributed by atoms with Gasteiger partial charge >= 0.3 is 0 Å². The number of furan rings is 1. The van der Waals surface area contributed by atoms with Gasteiger partial charge in [0.15, 0.2) is 0 Å². The zero-order valence-corrected chi connectivity index (χ0v) is 12.5. The molecule has 0 aliphatic carbocycles. The summed E-state index contributed by atoms with van der Waals surface area (Å²) in [5.41, 5.74) is 1.27. The zero-order chi connectivity index (χ0) is 14.0. The minimum absolute atomic E-state index is 0.0385. The van der Waals surface area contributed by atoms with E-state index in [4.69, 9.17) is 13.9 Å². The second-order valence-electron chi connectivity index (χ2n) is 6.13. The first kappa shape index (κ1) is 14.1. The Morgan fingerprint density at radius 1 is 1.30 bits per heavy atom. The van der Waals surface area contributed by atoms with Crippen LogP contribution in [0.4, 0.5) is 0 Å². The predicted molar refractivity (Wildman–Crippen MR) is 76.7 cm³/mol. The van der Waals surface area contributed by atoms with Gasteiger partial charge in [0.05, 0.1) is 17.9 Å². The lowest BCUT2D eigenvalue weighted by Crippen LogP contribution is -2.46. The normalized spacial score (nSPS) is 27.6. The average Bonchev–Trinajstić information content (AvgIpc) is 2.87. The molecule has 2 atom stereocenters. The monoisotopic (exact) mass is 279 g/mol. The third kappa shape index (κ3) is 2.65. The second kappa shape index (κ2) is 5.88. The minimum atomic E-state index is 0.0385. The van der Waals surface area contributed by atoms with Gasteiger partial charge in [0.1, 0.15) is 5.76 Å². The summed E-state index contributed by atoms with van der Waals surface area (Å²) in [5, 5.41) is 3.46. The molecular formula is C16H25NO3. The van der Waals surface area contributed by atoms with Gasteiger partial charge in [-0.2, -0.15) is 0 Å². The fourth-order valence-corrected chi connectivity index (χ4v) is 3.73. The maximum Gasteiger partial charge on any atom is 0.123 e. The molecule has 2 unspecified atom stereocenters. The minimum Gasteiger partial charge on any atom is -0.467 e. The number of hydrogen-bond donors (Lipinski definition) is 1. The summed E-state index contributed by atoms with van der Waals surface area (Å²) >= 11 is 0. The summed E-state index contributed by atoms with van der Waals surface area (Å²) in [6.07, 6.45) is 6.03. The van der Waals surface area contributed by atoms with Gasteiger partial charge < -0.3 is 19.2 Å². The van der Waals surface area contributed by atoms with Crippen LogP contribution < -0.4 is 5.32 Å². The molecule has 2 saturated heterocycles. The van der Waals surface area contributed by atoms with Crippen molar-refractivity contribution in [2.45, 2.75) is 44.2 Å². The lowest BCUT2D eigenvalue weighted by Gasteiger charge is -2.45. The highest BCUT2D eigenvalue weighted by molar-refractivity contribution is 5.19.